The molecule has 1 aromatic carbocycles. The highest BCUT2D eigenvalue weighted by atomic mass is 32.1. The first kappa shape index (κ1) is 21.1. The summed E-state index contributed by atoms with van der Waals surface area (Å²) in [5.41, 5.74) is 1.96. The number of amides is 1. The van der Waals surface area contributed by atoms with Gasteiger partial charge in [0.2, 0.25) is 5.88 Å². The Morgan fingerprint density at radius 3 is 2.72 bits per heavy atom. The van der Waals surface area contributed by atoms with Gasteiger partial charge in [0.25, 0.3) is 0 Å². The van der Waals surface area contributed by atoms with E-state index in [2.05, 4.69) is 18.8 Å². The Morgan fingerprint density at radius 1 is 1.24 bits per heavy atom. The fourth-order valence-corrected chi connectivity index (χ4v) is 4.80. The molecule has 0 radical (unpaired) electrons. The number of nitrogens with one attached hydrogen (secondary N) is 1. The molecule has 0 aliphatic rings. The number of aromatic amines is 1. The van der Waals surface area contributed by atoms with E-state index in [1.54, 1.807) is 23.3 Å². The summed E-state index contributed by atoms with van der Waals surface area (Å²) in [6.07, 6.45) is 0.187. The second-order valence-corrected chi connectivity index (χ2v) is 9.49. The van der Waals surface area contributed by atoms with Crippen molar-refractivity contribution in [1.29, 1.82) is 0 Å². The molecule has 0 aliphatic carbocycles. The number of H-pyrrole nitrogens is 1. The van der Waals surface area contributed by atoms with E-state index in [4.69, 9.17) is 4.74 Å². The summed E-state index contributed by atoms with van der Waals surface area (Å²) >= 11 is 2.63. The van der Waals surface area contributed by atoms with Crippen molar-refractivity contribution in [2.24, 2.45) is 5.92 Å². The quantitative estimate of drug-likeness (QED) is 0.568. The van der Waals surface area contributed by atoms with Crippen molar-refractivity contribution in [2.45, 2.75) is 26.9 Å². The van der Waals surface area contributed by atoms with Gasteiger partial charge in [-0.15, -0.1) is 11.3 Å². The molecule has 2 N–H and O–H groups in total. The third kappa shape index (κ3) is 5.71. The molecule has 8 heteroatoms. The largest absolute Gasteiger partial charge is 0.494 e. The smallest absolute Gasteiger partial charge is 0.409 e. The van der Waals surface area contributed by atoms with E-state index in [-0.39, 0.29) is 23.5 Å². The number of hydrogen-bond acceptors (Lipinski definition) is 6. The van der Waals surface area contributed by atoms with Gasteiger partial charge in [-0.3, -0.25) is 9.78 Å². The number of benzene rings is 1. The van der Waals surface area contributed by atoms with Crippen LogP contribution >= 0.6 is 22.7 Å². The normalized spacial score (nSPS) is 11.0. The minimum atomic E-state index is -0.326. The van der Waals surface area contributed by atoms with Crippen molar-refractivity contribution >= 4 is 28.8 Å². The molecule has 0 saturated carbocycles. The van der Waals surface area contributed by atoms with Crippen LogP contribution in [-0.4, -0.2) is 34.7 Å². The number of thiazole rings is 1. The molecule has 0 unspecified atom stereocenters. The van der Waals surface area contributed by atoms with E-state index >= 15 is 0 Å². The summed E-state index contributed by atoms with van der Waals surface area (Å²) < 4.78 is 5.41. The van der Waals surface area contributed by atoms with Crippen molar-refractivity contribution in [1.82, 2.24) is 9.88 Å². The van der Waals surface area contributed by atoms with Gasteiger partial charge in [-0.1, -0.05) is 43.4 Å². The van der Waals surface area contributed by atoms with Crippen LogP contribution in [0.4, 0.5) is 4.79 Å². The Morgan fingerprint density at radius 2 is 2.03 bits per heavy atom. The van der Waals surface area contributed by atoms with Crippen LogP contribution in [0.2, 0.25) is 0 Å². The molecule has 3 aromatic rings. The van der Waals surface area contributed by atoms with Gasteiger partial charge in [0.1, 0.15) is 6.61 Å². The highest BCUT2D eigenvalue weighted by Gasteiger charge is 2.13. The van der Waals surface area contributed by atoms with Crippen LogP contribution in [0.3, 0.4) is 0 Å². The van der Waals surface area contributed by atoms with E-state index in [1.165, 1.54) is 0 Å². The van der Waals surface area contributed by atoms with Gasteiger partial charge in [-0.05, 0) is 35.2 Å². The predicted molar refractivity (Wildman–Crippen MR) is 117 cm³/mol. The van der Waals surface area contributed by atoms with E-state index in [0.29, 0.717) is 23.8 Å². The van der Waals surface area contributed by atoms with Gasteiger partial charge in [0.05, 0.1) is 4.88 Å². The standard InChI is InChI=1S/C21H24N2O4S2/c1-13(2)11-23(3)21(26)27-12-14-5-4-6-15(9-14)17-8-7-16(28-17)10-18-19(24)22-20(25)29-18/h4-9,13,24H,10-12H2,1-3H3,(H,22,25). The summed E-state index contributed by atoms with van der Waals surface area (Å²) in [5, 5.41) is 9.76. The zero-order chi connectivity index (χ0) is 21.0. The maximum absolute atomic E-state index is 12.1. The molecular weight excluding hydrogens is 408 g/mol. The topological polar surface area (TPSA) is 82.6 Å². The first-order chi connectivity index (χ1) is 13.8. The lowest BCUT2D eigenvalue weighted by molar-refractivity contribution is 0.101. The summed E-state index contributed by atoms with van der Waals surface area (Å²) in [4.78, 5) is 29.9. The van der Waals surface area contributed by atoms with Crippen molar-refractivity contribution in [3.63, 3.8) is 0 Å². The monoisotopic (exact) mass is 432 g/mol. The lowest BCUT2D eigenvalue weighted by Crippen LogP contribution is -2.30. The Kier molecular flexibility index (Phi) is 6.76. The highest BCUT2D eigenvalue weighted by molar-refractivity contribution is 7.15. The Labute approximate surface area is 177 Å². The van der Waals surface area contributed by atoms with Crippen molar-refractivity contribution < 1.29 is 14.6 Å². The number of thiophene rings is 1. The van der Waals surface area contributed by atoms with E-state index in [9.17, 15) is 14.7 Å². The van der Waals surface area contributed by atoms with Crippen LogP contribution in [0, 0.1) is 5.92 Å². The highest BCUT2D eigenvalue weighted by Crippen LogP contribution is 2.31. The van der Waals surface area contributed by atoms with Crippen LogP contribution < -0.4 is 4.87 Å². The predicted octanol–water partition coefficient (Wildman–Crippen LogP) is 4.69. The van der Waals surface area contributed by atoms with Crippen LogP contribution in [0.5, 0.6) is 5.88 Å². The number of rotatable bonds is 7. The molecule has 2 heterocycles. The SMILES string of the molecule is CC(C)CN(C)C(=O)OCc1cccc(-c2ccc(Cc3sc(=O)[nH]c3O)s2)c1. The Balaban J connectivity index is 1.65. The van der Waals surface area contributed by atoms with E-state index in [1.807, 2.05) is 36.4 Å². The molecule has 0 spiro atoms. The molecular formula is C21H24N2O4S2. The maximum atomic E-state index is 12.1. The zero-order valence-electron chi connectivity index (χ0n) is 16.6. The third-order valence-corrected chi connectivity index (χ3v) is 6.23. The summed E-state index contributed by atoms with van der Waals surface area (Å²) in [5.74, 6) is 0.333. The molecule has 0 fully saturated rings. The first-order valence-electron chi connectivity index (χ1n) is 9.28. The summed E-state index contributed by atoms with van der Waals surface area (Å²) in [6, 6.07) is 11.9. The number of carbonyl (C=O) groups is 1. The Hall–Kier alpha value is -2.58. The van der Waals surface area contributed by atoms with Crippen molar-refractivity contribution in [3.8, 4) is 16.3 Å². The number of ether oxygens (including phenoxy) is 1. The van der Waals surface area contributed by atoms with Crippen LogP contribution in [0.15, 0.2) is 41.2 Å². The molecule has 0 atom stereocenters. The molecule has 0 aliphatic heterocycles. The van der Waals surface area contributed by atoms with Crippen molar-refractivity contribution in [2.75, 3.05) is 13.6 Å². The number of aromatic hydroxyl groups is 1. The van der Waals surface area contributed by atoms with E-state index in [0.717, 1.165) is 32.2 Å². The van der Waals surface area contributed by atoms with Gasteiger partial charge in [-0.25, -0.2) is 4.79 Å². The number of carbonyl (C=O) groups excluding carboxylic acids is 1. The fraction of sp³-hybridized carbons (Fsp3) is 0.333. The Bertz CT molecular complexity index is 1040. The van der Waals surface area contributed by atoms with Gasteiger partial charge in [0, 0.05) is 29.8 Å². The molecule has 29 heavy (non-hydrogen) atoms. The van der Waals surface area contributed by atoms with Crippen LogP contribution in [0.1, 0.15) is 29.2 Å². The maximum Gasteiger partial charge on any atom is 0.409 e. The summed E-state index contributed by atoms with van der Waals surface area (Å²) in [7, 11) is 1.74. The molecule has 154 valence electrons. The minimum Gasteiger partial charge on any atom is -0.494 e. The van der Waals surface area contributed by atoms with Gasteiger partial charge < -0.3 is 14.7 Å². The molecule has 0 bridgehead atoms. The number of hydrogen-bond donors (Lipinski definition) is 2. The number of nitrogens with zero attached hydrogens (tertiary/aromatic N) is 1. The molecule has 3 rings (SSSR count). The van der Waals surface area contributed by atoms with Gasteiger partial charge in [-0.2, -0.15) is 0 Å². The van der Waals surface area contributed by atoms with Crippen LogP contribution in [0.25, 0.3) is 10.4 Å². The van der Waals surface area contributed by atoms with Gasteiger partial charge >= 0.3 is 11.0 Å². The average Bonchev–Trinajstić information content (AvgIpc) is 3.26. The lowest BCUT2D eigenvalue weighted by Gasteiger charge is -2.19. The molecule has 6 nitrogen and oxygen atoms in total. The fourth-order valence-electron chi connectivity index (χ4n) is 2.95. The zero-order valence-corrected chi connectivity index (χ0v) is 18.2. The van der Waals surface area contributed by atoms with Gasteiger partial charge in [0.15, 0.2) is 0 Å². The number of aromatic nitrogens is 1. The summed E-state index contributed by atoms with van der Waals surface area (Å²) in [6.45, 7) is 4.99. The van der Waals surface area contributed by atoms with Crippen molar-refractivity contribution in [3.05, 3.63) is 61.4 Å². The second-order valence-electron chi connectivity index (χ2n) is 7.26. The average molecular weight is 433 g/mol. The van der Waals surface area contributed by atoms with E-state index < -0.39 is 0 Å². The molecule has 1 amide bonds. The molecule has 0 saturated heterocycles. The second kappa shape index (κ2) is 9.28. The first-order valence-corrected chi connectivity index (χ1v) is 10.9. The third-order valence-electron chi connectivity index (χ3n) is 4.22. The lowest BCUT2D eigenvalue weighted by atomic mass is 10.1. The molecule has 2 aromatic heterocycles. The minimum absolute atomic E-state index is 0.0544. The van der Waals surface area contributed by atoms with Crippen LogP contribution in [-0.2, 0) is 17.8 Å².